The van der Waals surface area contributed by atoms with Gasteiger partial charge in [0.05, 0.1) is 10.7 Å². The van der Waals surface area contributed by atoms with Gasteiger partial charge in [0, 0.05) is 23.8 Å². The molecule has 19 heavy (non-hydrogen) atoms. The van der Waals surface area contributed by atoms with E-state index in [2.05, 4.69) is 17.2 Å². The molecule has 0 fully saturated rings. The van der Waals surface area contributed by atoms with Gasteiger partial charge in [-0.3, -0.25) is 4.79 Å². The molecule has 1 heterocycles. The molecular weight excluding hydrogens is 284 g/mol. The molecule has 1 atom stereocenters. The SMILES string of the molecule is CCCc1nc(CSCC(NC(C)=O)C(=O)O)cs1. The minimum absolute atomic E-state index is 0.327. The van der Waals surface area contributed by atoms with Gasteiger partial charge in [0.1, 0.15) is 6.04 Å². The van der Waals surface area contributed by atoms with Crippen LogP contribution in [-0.4, -0.2) is 33.8 Å². The van der Waals surface area contributed by atoms with E-state index >= 15 is 0 Å². The number of thiazole rings is 1. The van der Waals surface area contributed by atoms with Gasteiger partial charge < -0.3 is 10.4 Å². The topological polar surface area (TPSA) is 79.3 Å². The van der Waals surface area contributed by atoms with Crippen molar-refractivity contribution < 1.29 is 14.7 Å². The Morgan fingerprint density at radius 3 is 2.89 bits per heavy atom. The van der Waals surface area contributed by atoms with Crippen molar-refractivity contribution >= 4 is 35.0 Å². The van der Waals surface area contributed by atoms with E-state index in [0.717, 1.165) is 23.5 Å². The number of carbonyl (C=O) groups is 2. The van der Waals surface area contributed by atoms with E-state index in [1.165, 1.54) is 18.7 Å². The number of aryl methyl sites for hydroxylation is 1. The second kappa shape index (κ2) is 8.16. The number of amides is 1. The summed E-state index contributed by atoms with van der Waals surface area (Å²) >= 11 is 3.10. The van der Waals surface area contributed by atoms with E-state index in [9.17, 15) is 9.59 Å². The molecule has 0 saturated carbocycles. The van der Waals surface area contributed by atoms with E-state index in [1.807, 2.05) is 5.38 Å². The molecule has 0 aromatic carbocycles. The third-order valence-electron chi connectivity index (χ3n) is 2.27. The average molecular weight is 302 g/mol. The number of carboxylic acid groups (broad SMARTS) is 1. The van der Waals surface area contributed by atoms with Gasteiger partial charge in [0.15, 0.2) is 0 Å². The van der Waals surface area contributed by atoms with Gasteiger partial charge in [0.2, 0.25) is 5.91 Å². The molecule has 0 radical (unpaired) electrons. The molecule has 7 heteroatoms. The van der Waals surface area contributed by atoms with Crippen molar-refractivity contribution in [1.29, 1.82) is 0 Å². The Morgan fingerprint density at radius 2 is 2.32 bits per heavy atom. The molecule has 1 unspecified atom stereocenters. The van der Waals surface area contributed by atoms with Crippen molar-refractivity contribution in [2.24, 2.45) is 0 Å². The summed E-state index contributed by atoms with van der Waals surface area (Å²) in [6.07, 6.45) is 2.06. The normalized spacial score (nSPS) is 12.1. The van der Waals surface area contributed by atoms with Crippen LogP contribution in [0.25, 0.3) is 0 Å². The molecule has 1 rings (SSSR count). The highest BCUT2D eigenvalue weighted by atomic mass is 32.2. The minimum atomic E-state index is -1.01. The average Bonchev–Trinajstić information content (AvgIpc) is 2.75. The van der Waals surface area contributed by atoms with Crippen LogP contribution in [0.3, 0.4) is 0 Å². The van der Waals surface area contributed by atoms with E-state index in [0.29, 0.717) is 11.5 Å². The van der Waals surface area contributed by atoms with Gasteiger partial charge in [-0.1, -0.05) is 6.92 Å². The van der Waals surface area contributed by atoms with Gasteiger partial charge in [-0.15, -0.1) is 11.3 Å². The van der Waals surface area contributed by atoms with E-state index in [1.54, 1.807) is 11.3 Å². The highest BCUT2D eigenvalue weighted by molar-refractivity contribution is 7.98. The molecule has 0 aliphatic carbocycles. The highest BCUT2D eigenvalue weighted by Crippen LogP contribution is 2.17. The van der Waals surface area contributed by atoms with Crippen LogP contribution in [0.5, 0.6) is 0 Å². The van der Waals surface area contributed by atoms with E-state index < -0.39 is 12.0 Å². The summed E-state index contributed by atoms with van der Waals surface area (Å²) in [5.41, 5.74) is 0.977. The number of nitrogens with zero attached hydrogens (tertiary/aromatic N) is 1. The zero-order chi connectivity index (χ0) is 14.3. The summed E-state index contributed by atoms with van der Waals surface area (Å²) < 4.78 is 0. The van der Waals surface area contributed by atoms with Crippen molar-refractivity contribution in [1.82, 2.24) is 10.3 Å². The van der Waals surface area contributed by atoms with Crippen LogP contribution in [0.15, 0.2) is 5.38 Å². The maximum atomic E-state index is 10.9. The summed E-state index contributed by atoms with van der Waals surface area (Å²) in [5.74, 6) is -0.321. The van der Waals surface area contributed by atoms with Crippen molar-refractivity contribution in [3.05, 3.63) is 16.1 Å². The first-order chi connectivity index (χ1) is 9.02. The van der Waals surface area contributed by atoms with E-state index in [4.69, 9.17) is 5.11 Å². The maximum absolute atomic E-state index is 10.9. The van der Waals surface area contributed by atoms with E-state index in [-0.39, 0.29) is 5.91 Å². The van der Waals surface area contributed by atoms with Gasteiger partial charge in [-0.05, 0) is 12.8 Å². The van der Waals surface area contributed by atoms with Crippen molar-refractivity contribution in [3.8, 4) is 0 Å². The molecule has 0 spiro atoms. The Morgan fingerprint density at radius 1 is 1.58 bits per heavy atom. The zero-order valence-electron chi connectivity index (χ0n) is 11.0. The highest BCUT2D eigenvalue weighted by Gasteiger charge is 2.18. The molecule has 0 saturated heterocycles. The molecule has 0 aliphatic rings. The van der Waals surface area contributed by atoms with Gasteiger partial charge in [0.25, 0.3) is 0 Å². The quantitative estimate of drug-likeness (QED) is 0.767. The predicted octanol–water partition coefficient (Wildman–Crippen LogP) is 1.92. The summed E-state index contributed by atoms with van der Waals surface area (Å²) in [6.45, 7) is 3.43. The number of aliphatic carboxylic acids is 1. The molecule has 2 N–H and O–H groups in total. The Labute approximate surface area is 120 Å². The van der Waals surface area contributed by atoms with Crippen LogP contribution in [0.1, 0.15) is 31.0 Å². The first-order valence-electron chi connectivity index (χ1n) is 6.03. The fourth-order valence-electron chi connectivity index (χ4n) is 1.45. The summed E-state index contributed by atoms with van der Waals surface area (Å²) in [4.78, 5) is 26.3. The Bertz CT molecular complexity index is 434. The lowest BCUT2D eigenvalue weighted by Gasteiger charge is -2.11. The van der Waals surface area contributed by atoms with Gasteiger partial charge in [-0.2, -0.15) is 11.8 Å². The number of rotatable bonds is 8. The van der Waals surface area contributed by atoms with Crippen LogP contribution in [0, 0.1) is 0 Å². The number of nitrogens with one attached hydrogen (secondary N) is 1. The molecule has 0 aliphatic heterocycles. The van der Waals surface area contributed by atoms with Gasteiger partial charge in [-0.25, -0.2) is 9.78 Å². The van der Waals surface area contributed by atoms with Crippen molar-refractivity contribution in [2.45, 2.75) is 38.5 Å². The Kier molecular flexibility index (Phi) is 6.86. The summed E-state index contributed by atoms with van der Waals surface area (Å²) in [6, 6.07) is -0.837. The molecule has 1 aromatic heterocycles. The lowest BCUT2D eigenvalue weighted by Crippen LogP contribution is -2.41. The number of carboxylic acids is 1. The molecule has 106 valence electrons. The number of aromatic nitrogens is 1. The predicted molar refractivity (Wildman–Crippen MR) is 77.5 cm³/mol. The second-order valence-corrected chi connectivity index (χ2v) is 6.06. The summed E-state index contributed by atoms with van der Waals surface area (Å²) in [5, 5.41) is 14.5. The fourth-order valence-corrected chi connectivity index (χ4v) is 3.39. The molecular formula is C12H18N2O3S2. The zero-order valence-corrected chi connectivity index (χ0v) is 12.6. The number of hydrogen-bond donors (Lipinski definition) is 2. The van der Waals surface area contributed by atoms with Crippen LogP contribution in [0.2, 0.25) is 0 Å². The van der Waals surface area contributed by atoms with Crippen molar-refractivity contribution in [3.63, 3.8) is 0 Å². The number of thioether (sulfide) groups is 1. The fraction of sp³-hybridized carbons (Fsp3) is 0.583. The minimum Gasteiger partial charge on any atom is -0.480 e. The standard InChI is InChI=1S/C12H18N2O3S2/c1-3-4-11-14-9(6-19-11)5-18-7-10(12(16)17)13-8(2)15/h6,10H,3-5,7H2,1-2H3,(H,13,15)(H,16,17). The number of hydrogen-bond acceptors (Lipinski definition) is 5. The van der Waals surface area contributed by atoms with Crippen LogP contribution in [0.4, 0.5) is 0 Å². The Hall–Kier alpha value is -1.08. The molecule has 0 bridgehead atoms. The first-order valence-corrected chi connectivity index (χ1v) is 8.07. The van der Waals surface area contributed by atoms with Crippen molar-refractivity contribution in [2.75, 3.05) is 5.75 Å². The monoisotopic (exact) mass is 302 g/mol. The third-order valence-corrected chi connectivity index (χ3v) is 4.30. The number of carbonyl (C=O) groups excluding carboxylic acids is 1. The van der Waals surface area contributed by atoms with Gasteiger partial charge >= 0.3 is 5.97 Å². The Balaban J connectivity index is 2.38. The lowest BCUT2D eigenvalue weighted by molar-refractivity contribution is -0.140. The molecule has 5 nitrogen and oxygen atoms in total. The largest absolute Gasteiger partial charge is 0.480 e. The van der Waals surface area contributed by atoms with Crippen LogP contribution in [-0.2, 0) is 21.8 Å². The lowest BCUT2D eigenvalue weighted by atomic mass is 10.3. The first kappa shape index (κ1) is 16.0. The summed E-state index contributed by atoms with van der Waals surface area (Å²) in [7, 11) is 0. The van der Waals surface area contributed by atoms with Crippen LogP contribution < -0.4 is 5.32 Å². The second-order valence-electron chi connectivity index (χ2n) is 4.09. The third kappa shape index (κ3) is 6.07. The maximum Gasteiger partial charge on any atom is 0.327 e. The smallest absolute Gasteiger partial charge is 0.327 e. The van der Waals surface area contributed by atoms with Crippen LogP contribution >= 0.6 is 23.1 Å². The molecule has 1 amide bonds. The molecule has 1 aromatic rings.